The summed E-state index contributed by atoms with van der Waals surface area (Å²) in [6.45, 7) is 0.434. The quantitative estimate of drug-likeness (QED) is 0.692. The Morgan fingerprint density at radius 3 is 2.60 bits per heavy atom. The van der Waals surface area contributed by atoms with E-state index in [2.05, 4.69) is 9.97 Å². The highest BCUT2D eigenvalue weighted by molar-refractivity contribution is 6.16. The predicted molar refractivity (Wildman–Crippen MR) is 72.5 cm³/mol. The molecule has 0 saturated heterocycles. The van der Waals surface area contributed by atoms with E-state index in [9.17, 15) is 8.78 Å². The molecule has 3 rings (SSSR count). The predicted octanol–water partition coefficient (Wildman–Crippen LogP) is 3.50. The van der Waals surface area contributed by atoms with Crippen LogP contribution in [0.5, 0.6) is 0 Å². The molecule has 6 heteroatoms. The van der Waals surface area contributed by atoms with Gasteiger partial charge in [-0.15, -0.1) is 11.6 Å². The molecule has 102 valence electrons. The molecule has 0 bridgehead atoms. The summed E-state index contributed by atoms with van der Waals surface area (Å²) in [6, 6.07) is 5.76. The molecule has 0 amide bonds. The minimum absolute atomic E-state index is 0.126. The number of hydrogen-bond donors (Lipinski definition) is 0. The van der Waals surface area contributed by atoms with E-state index in [1.54, 1.807) is 17.0 Å². The minimum Gasteiger partial charge on any atom is -0.322 e. The zero-order valence-corrected chi connectivity index (χ0v) is 11.1. The molecule has 0 atom stereocenters. The highest BCUT2D eigenvalue weighted by Crippen LogP contribution is 2.23. The molecule has 0 aliphatic rings. The van der Waals surface area contributed by atoms with Gasteiger partial charge in [-0.05, 0) is 23.8 Å². The fourth-order valence-corrected chi connectivity index (χ4v) is 2.35. The van der Waals surface area contributed by atoms with Crippen LogP contribution in [0.2, 0.25) is 0 Å². The van der Waals surface area contributed by atoms with Gasteiger partial charge in [-0.3, -0.25) is 4.98 Å². The lowest BCUT2D eigenvalue weighted by molar-refractivity contribution is 0.590. The maximum atomic E-state index is 13.7. The van der Waals surface area contributed by atoms with Crippen molar-refractivity contribution in [1.29, 1.82) is 0 Å². The number of halogens is 3. The second-order valence-electron chi connectivity index (χ2n) is 4.36. The first-order valence-electron chi connectivity index (χ1n) is 5.98. The van der Waals surface area contributed by atoms with Crippen molar-refractivity contribution in [2.75, 3.05) is 0 Å². The van der Waals surface area contributed by atoms with E-state index in [0.29, 0.717) is 17.9 Å². The summed E-state index contributed by atoms with van der Waals surface area (Å²) in [4.78, 5) is 8.08. The van der Waals surface area contributed by atoms with E-state index in [0.717, 1.165) is 11.6 Å². The number of benzene rings is 1. The molecule has 0 fully saturated rings. The highest BCUT2D eigenvalue weighted by Gasteiger charge is 2.15. The molecule has 0 aliphatic heterocycles. The first-order chi connectivity index (χ1) is 9.69. The van der Waals surface area contributed by atoms with Gasteiger partial charge < -0.3 is 4.57 Å². The number of nitrogens with zero attached hydrogens (tertiary/aromatic N) is 3. The Balaban J connectivity index is 2.17. The Labute approximate surface area is 118 Å². The molecule has 0 N–H and O–H groups in total. The number of hydrogen-bond acceptors (Lipinski definition) is 2. The second kappa shape index (κ2) is 5.17. The largest absolute Gasteiger partial charge is 0.322 e. The summed E-state index contributed by atoms with van der Waals surface area (Å²) in [5, 5.41) is 0. The first-order valence-corrected chi connectivity index (χ1v) is 6.51. The van der Waals surface area contributed by atoms with Crippen LogP contribution in [-0.2, 0) is 12.4 Å². The van der Waals surface area contributed by atoms with Crippen LogP contribution in [0.25, 0.3) is 11.0 Å². The number of fused-ring (bicyclic) bond motifs is 1. The fraction of sp³-hybridized carbons (Fsp3) is 0.143. The van der Waals surface area contributed by atoms with Crippen molar-refractivity contribution in [3.05, 3.63) is 59.7 Å². The molecule has 2 heterocycles. The Morgan fingerprint density at radius 2 is 1.90 bits per heavy atom. The van der Waals surface area contributed by atoms with Gasteiger partial charge in [0.2, 0.25) is 0 Å². The zero-order valence-electron chi connectivity index (χ0n) is 10.4. The molecule has 0 radical (unpaired) electrons. The monoisotopic (exact) mass is 293 g/mol. The molecule has 3 nitrogen and oxygen atoms in total. The van der Waals surface area contributed by atoms with Gasteiger partial charge in [0.15, 0.2) is 5.82 Å². The molecule has 0 saturated carbocycles. The maximum absolute atomic E-state index is 13.7. The second-order valence-corrected chi connectivity index (χ2v) is 4.63. The number of pyridine rings is 1. The van der Waals surface area contributed by atoms with Gasteiger partial charge in [-0.25, -0.2) is 13.8 Å². The van der Waals surface area contributed by atoms with Crippen LogP contribution in [0, 0.1) is 11.6 Å². The molecule has 1 aromatic carbocycles. The van der Waals surface area contributed by atoms with Crippen LogP contribution in [0.15, 0.2) is 36.7 Å². The Kier molecular flexibility index (Phi) is 3.36. The topological polar surface area (TPSA) is 30.7 Å². The summed E-state index contributed by atoms with van der Waals surface area (Å²) >= 11 is 5.85. The van der Waals surface area contributed by atoms with Gasteiger partial charge in [-0.2, -0.15) is 0 Å². The lowest BCUT2D eigenvalue weighted by Gasteiger charge is -2.07. The summed E-state index contributed by atoms with van der Waals surface area (Å²) in [6.07, 6.45) is 3.33. The van der Waals surface area contributed by atoms with Crippen LogP contribution in [0.1, 0.15) is 11.4 Å². The fourth-order valence-electron chi connectivity index (χ4n) is 2.15. The lowest BCUT2D eigenvalue weighted by atomic mass is 10.2. The van der Waals surface area contributed by atoms with E-state index < -0.39 is 11.6 Å². The first kappa shape index (κ1) is 13.0. The Hall–Kier alpha value is -2.01. The third-order valence-electron chi connectivity index (χ3n) is 3.06. The van der Waals surface area contributed by atoms with E-state index in [1.165, 1.54) is 6.07 Å². The summed E-state index contributed by atoms with van der Waals surface area (Å²) in [5.74, 6) is -0.685. The molecule has 3 aromatic rings. The van der Waals surface area contributed by atoms with Crippen molar-refractivity contribution in [3.63, 3.8) is 0 Å². The van der Waals surface area contributed by atoms with Crippen LogP contribution in [-0.4, -0.2) is 14.5 Å². The lowest BCUT2D eigenvalue weighted by Crippen LogP contribution is -2.04. The van der Waals surface area contributed by atoms with E-state index >= 15 is 0 Å². The average molecular weight is 294 g/mol. The van der Waals surface area contributed by atoms with Crippen molar-refractivity contribution in [3.8, 4) is 0 Å². The molecule has 0 spiro atoms. The minimum atomic E-state index is -0.681. The summed E-state index contributed by atoms with van der Waals surface area (Å²) in [5.41, 5.74) is 1.49. The third kappa shape index (κ3) is 2.25. The Morgan fingerprint density at radius 1 is 1.15 bits per heavy atom. The van der Waals surface area contributed by atoms with E-state index in [4.69, 9.17) is 11.6 Å². The average Bonchev–Trinajstić information content (AvgIpc) is 2.78. The smallest absolute Gasteiger partial charge is 0.153 e. The van der Waals surface area contributed by atoms with Crippen LogP contribution in [0.3, 0.4) is 0 Å². The molecular formula is C14H10ClF2N3. The SMILES string of the molecule is Fc1cc(F)c2nc(CCl)n(Cc3ccncc3)c2c1. The number of aromatic nitrogens is 3. The van der Waals surface area contributed by atoms with Gasteiger partial charge in [0, 0.05) is 25.0 Å². The Bertz CT molecular complexity index is 756. The molecular weight excluding hydrogens is 284 g/mol. The van der Waals surface area contributed by atoms with E-state index in [1.807, 2.05) is 12.1 Å². The summed E-state index contributed by atoms with van der Waals surface area (Å²) in [7, 11) is 0. The van der Waals surface area contributed by atoms with Gasteiger partial charge in [0.05, 0.1) is 11.4 Å². The standard InChI is InChI=1S/C14H10ClF2N3/c15-7-13-19-14-11(17)5-10(16)6-12(14)20(13)8-9-1-3-18-4-2-9/h1-6H,7-8H2. The van der Waals surface area contributed by atoms with Crippen molar-refractivity contribution in [1.82, 2.24) is 14.5 Å². The van der Waals surface area contributed by atoms with E-state index in [-0.39, 0.29) is 11.4 Å². The van der Waals surface area contributed by atoms with Crippen molar-refractivity contribution >= 4 is 22.6 Å². The van der Waals surface area contributed by atoms with Crippen LogP contribution in [0.4, 0.5) is 8.78 Å². The van der Waals surface area contributed by atoms with Crippen LogP contribution >= 0.6 is 11.6 Å². The van der Waals surface area contributed by atoms with Gasteiger partial charge in [-0.1, -0.05) is 0 Å². The van der Waals surface area contributed by atoms with Crippen molar-refractivity contribution in [2.45, 2.75) is 12.4 Å². The highest BCUT2D eigenvalue weighted by atomic mass is 35.5. The van der Waals surface area contributed by atoms with Gasteiger partial charge in [0.1, 0.15) is 17.2 Å². The van der Waals surface area contributed by atoms with Gasteiger partial charge >= 0.3 is 0 Å². The molecule has 0 aliphatic carbocycles. The number of imidazole rings is 1. The third-order valence-corrected chi connectivity index (χ3v) is 3.30. The number of rotatable bonds is 3. The zero-order chi connectivity index (χ0) is 14.1. The van der Waals surface area contributed by atoms with Crippen LogP contribution < -0.4 is 0 Å². The summed E-state index contributed by atoms with van der Waals surface area (Å²) < 4.78 is 28.9. The number of alkyl halides is 1. The van der Waals surface area contributed by atoms with Gasteiger partial charge in [0.25, 0.3) is 0 Å². The molecule has 2 aromatic heterocycles. The molecule has 0 unspecified atom stereocenters. The van der Waals surface area contributed by atoms with Crippen molar-refractivity contribution < 1.29 is 8.78 Å². The normalized spacial score (nSPS) is 11.2. The maximum Gasteiger partial charge on any atom is 0.153 e. The van der Waals surface area contributed by atoms with Crippen molar-refractivity contribution in [2.24, 2.45) is 0 Å². The molecule has 20 heavy (non-hydrogen) atoms.